The predicted octanol–water partition coefficient (Wildman–Crippen LogP) is 0.994. The summed E-state index contributed by atoms with van der Waals surface area (Å²) in [6.45, 7) is 3.25. The van der Waals surface area contributed by atoms with E-state index in [9.17, 15) is 8.42 Å². The number of methoxy groups -OCH3 is 1. The Balaban J connectivity index is 0.00000529. The van der Waals surface area contributed by atoms with E-state index < -0.39 is 10.0 Å². The maximum Gasteiger partial charge on any atom is 0.229 e. The van der Waals surface area contributed by atoms with Crippen LogP contribution < -0.4 is 20.5 Å². The lowest BCUT2D eigenvalue weighted by Gasteiger charge is -2.13. The molecular formula is C14H25IN4O4S. The summed E-state index contributed by atoms with van der Waals surface area (Å²) in [7, 11) is -1.65. The molecule has 1 aromatic carbocycles. The third kappa shape index (κ3) is 10.5. The number of hydrogen-bond donors (Lipinski definition) is 3. The number of benzene rings is 1. The van der Waals surface area contributed by atoms with Gasteiger partial charge in [-0.3, -0.25) is 4.72 Å². The lowest BCUT2D eigenvalue weighted by Crippen LogP contribution is -2.40. The third-order valence-corrected chi connectivity index (χ3v) is 3.22. The highest BCUT2D eigenvalue weighted by Crippen LogP contribution is 2.16. The average Bonchev–Trinajstić information content (AvgIpc) is 2.44. The molecule has 1 rings (SSSR count). The van der Waals surface area contributed by atoms with Crippen LogP contribution in [0.2, 0.25) is 0 Å². The molecule has 0 aliphatic heterocycles. The van der Waals surface area contributed by atoms with Gasteiger partial charge in [-0.2, -0.15) is 0 Å². The van der Waals surface area contributed by atoms with Crippen LogP contribution in [0.4, 0.5) is 5.69 Å². The highest BCUT2D eigenvalue weighted by Gasteiger charge is 2.02. The monoisotopic (exact) mass is 472 g/mol. The summed E-state index contributed by atoms with van der Waals surface area (Å²) in [6, 6.07) is 6.70. The number of rotatable bonds is 9. The fourth-order valence-electron chi connectivity index (χ4n) is 1.75. The van der Waals surface area contributed by atoms with Crippen LogP contribution in [0.5, 0.6) is 5.75 Å². The van der Waals surface area contributed by atoms with Crippen LogP contribution in [0, 0.1) is 0 Å². The Hall–Kier alpha value is -1.27. The smallest absolute Gasteiger partial charge is 0.229 e. The van der Waals surface area contributed by atoms with E-state index >= 15 is 0 Å². The molecule has 0 heterocycles. The highest BCUT2D eigenvalue weighted by atomic mass is 127. The molecule has 0 radical (unpaired) electrons. The minimum Gasteiger partial charge on any atom is -0.492 e. The van der Waals surface area contributed by atoms with Crippen molar-refractivity contribution in [1.82, 2.24) is 5.32 Å². The molecule has 0 aliphatic rings. The molecule has 1 aromatic rings. The van der Waals surface area contributed by atoms with Crippen LogP contribution in [0.25, 0.3) is 0 Å². The molecule has 0 bridgehead atoms. The van der Waals surface area contributed by atoms with Gasteiger partial charge in [0.15, 0.2) is 5.96 Å². The number of hydrogen-bond acceptors (Lipinski definition) is 5. The van der Waals surface area contributed by atoms with Gasteiger partial charge in [0.25, 0.3) is 0 Å². The number of nitrogens with one attached hydrogen (secondary N) is 2. The molecule has 138 valence electrons. The van der Waals surface area contributed by atoms with Gasteiger partial charge in [-0.1, -0.05) is 0 Å². The summed E-state index contributed by atoms with van der Waals surface area (Å²) >= 11 is 0. The first-order chi connectivity index (χ1) is 10.8. The van der Waals surface area contributed by atoms with Crippen LogP contribution >= 0.6 is 24.0 Å². The summed E-state index contributed by atoms with van der Waals surface area (Å²) in [5, 5.41) is 2.99. The number of ether oxygens (including phenoxy) is 2. The third-order valence-electron chi connectivity index (χ3n) is 2.61. The Morgan fingerprint density at radius 3 is 2.50 bits per heavy atom. The van der Waals surface area contributed by atoms with E-state index in [0.29, 0.717) is 37.2 Å². The van der Waals surface area contributed by atoms with Crippen molar-refractivity contribution in [2.24, 2.45) is 10.7 Å². The lowest BCUT2D eigenvalue weighted by molar-refractivity contribution is 0.179. The average molecular weight is 472 g/mol. The number of nitrogens with zero attached hydrogens (tertiary/aromatic N) is 1. The molecule has 0 fully saturated rings. The normalized spacial score (nSPS) is 12.9. The second kappa shape index (κ2) is 11.3. The standard InChI is InChI=1S/C14H24N4O4S.HI/c1-11(10-21-2)17-14(15)16-8-9-22-13-6-4-12(5-7-13)18-23(3,19)20;/h4-7,11,18H,8-10H2,1-3H3,(H3,15,16,17);1H. The zero-order valence-electron chi connectivity index (χ0n) is 14.0. The van der Waals surface area contributed by atoms with E-state index in [4.69, 9.17) is 15.2 Å². The molecule has 24 heavy (non-hydrogen) atoms. The van der Waals surface area contributed by atoms with E-state index in [1.165, 1.54) is 0 Å². The van der Waals surface area contributed by atoms with Gasteiger partial charge in [-0.05, 0) is 31.2 Å². The number of halogens is 1. The largest absolute Gasteiger partial charge is 0.492 e. The Bertz CT molecular complexity index is 608. The molecule has 0 saturated carbocycles. The van der Waals surface area contributed by atoms with Gasteiger partial charge in [-0.15, -0.1) is 24.0 Å². The van der Waals surface area contributed by atoms with Gasteiger partial charge in [0, 0.05) is 18.8 Å². The summed E-state index contributed by atoms with van der Waals surface area (Å²) in [5.74, 6) is 0.962. The van der Waals surface area contributed by atoms with Crippen molar-refractivity contribution >= 4 is 45.6 Å². The van der Waals surface area contributed by atoms with Gasteiger partial charge < -0.3 is 20.5 Å². The minimum atomic E-state index is -3.27. The second-order valence-electron chi connectivity index (χ2n) is 5.01. The molecule has 1 atom stereocenters. The maximum absolute atomic E-state index is 11.1. The molecule has 8 nitrogen and oxygen atoms in total. The minimum absolute atomic E-state index is 0. The number of nitrogens with two attached hydrogens (primary N) is 1. The van der Waals surface area contributed by atoms with Crippen molar-refractivity contribution in [2.75, 3.05) is 37.8 Å². The van der Waals surface area contributed by atoms with Crippen molar-refractivity contribution < 1.29 is 17.9 Å². The molecule has 0 amide bonds. The van der Waals surface area contributed by atoms with Crippen molar-refractivity contribution in [1.29, 1.82) is 0 Å². The van der Waals surface area contributed by atoms with E-state index in [2.05, 4.69) is 15.0 Å². The summed E-state index contributed by atoms with van der Waals surface area (Å²) in [5.41, 5.74) is 6.21. The molecule has 4 N–H and O–H groups in total. The van der Waals surface area contributed by atoms with Gasteiger partial charge in [-0.25, -0.2) is 13.4 Å². The van der Waals surface area contributed by atoms with Gasteiger partial charge in [0.05, 0.1) is 19.4 Å². The van der Waals surface area contributed by atoms with E-state index in [1.54, 1.807) is 31.4 Å². The molecule has 1 unspecified atom stereocenters. The van der Waals surface area contributed by atoms with Crippen molar-refractivity contribution in [2.45, 2.75) is 13.0 Å². The first-order valence-corrected chi connectivity index (χ1v) is 8.95. The van der Waals surface area contributed by atoms with Gasteiger partial charge in [0.2, 0.25) is 10.0 Å². The van der Waals surface area contributed by atoms with Crippen molar-refractivity contribution in [3.05, 3.63) is 24.3 Å². The number of guanidine groups is 1. The van der Waals surface area contributed by atoms with E-state index in [1.807, 2.05) is 6.92 Å². The van der Waals surface area contributed by atoms with Crippen LogP contribution in [-0.2, 0) is 14.8 Å². The fraction of sp³-hybridized carbons (Fsp3) is 0.500. The molecule has 10 heteroatoms. The highest BCUT2D eigenvalue weighted by molar-refractivity contribution is 14.0. The van der Waals surface area contributed by atoms with E-state index in [0.717, 1.165) is 6.26 Å². The van der Waals surface area contributed by atoms with Gasteiger partial charge >= 0.3 is 0 Å². The number of aliphatic imine (C=N–C) groups is 1. The fourth-order valence-corrected chi connectivity index (χ4v) is 2.32. The topological polar surface area (TPSA) is 115 Å². The molecular weight excluding hydrogens is 447 g/mol. The quantitative estimate of drug-likeness (QED) is 0.214. The van der Waals surface area contributed by atoms with Crippen LogP contribution in [-0.4, -0.2) is 53.5 Å². The summed E-state index contributed by atoms with van der Waals surface area (Å²) < 4.78 is 35.1. The Morgan fingerprint density at radius 2 is 1.96 bits per heavy atom. The SMILES string of the molecule is COCC(C)NC(N)=NCCOc1ccc(NS(C)(=O)=O)cc1.I. The number of anilines is 1. The van der Waals surface area contributed by atoms with Crippen LogP contribution in [0.15, 0.2) is 29.3 Å². The Kier molecular flexibility index (Phi) is 10.7. The van der Waals surface area contributed by atoms with Crippen LogP contribution in [0.1, 0.15) is 6.92 Å². The van der Waals surface area contributed by atoms with Crippen LogP contribution in [0.3, 0.4) is 0 Å². The maximum atomic E-state index is 11.1. The van der Waals surface area contributed by atoms with Gasteiger partial charge in [0.1, 0.15) is 12.4 Å². The zero-order chi connectivity index (χ0) is 17.3. The zero-order valence-corrected chi connectivity index (χ0v) is 17.1. The molecule has 0 saturated heterocycles. The number of sulfonamides is 1. The molecule has 0 spiro atoms. The first kappa shape index (κ1) is 22.7. The van der Waals surface area contributed by atoms with E-state index in [-0.39, 0.29) is 30.0 Å². The molecule has 0 aromatic heterocycles. The van der Waals surface area contributed by atoms with Crippen molar-refractivity contribution in [3.8, 4) is 5.75 Å². The Morgan fingerprint density at radius 1 is 1.33 bits per heavy atom. The first-order valence-electron chi connectivity index (χ1n) is 7.06. The predicted molar refractivity (Wildman–Crippen MR) is 107 cm³/mol. The molecule has 0 aliphatic carbocycles. The lowest BCUT2D eigenvalue weighted by atomic mass is 10.3. The Labute approximate surface area is 160 Å². The summed E-state index contributed by atoms with van der Waals surface area (Å²) in [6.07, 6.45) is 1.10. The second-order valence-corrected chi connectivity index (χ2v) is 6.76. The summed E-state index contributed by atoms with van der Waals surface area (Å²) in [4.78, 5) is 4.14. The van der Waals surface area contributed by atoms with Crippen molar-refractivity contribution in [3.63, 3.8) is 0 Å².